The van der Waals surface area contributed by atoms with Crippen LogP contribution < -0.4 is 9.47 Å². The molecule has 4 N–H and O–H groups in total. The van der Waals surface area contributed by atoms with Crippen LogP contribution in [0.3, 0.4) is 0 Å². The third-order valence-corrected chi connectivity index (χ3v) is 15.9. The molecule has 10 aliphatic rings. The highest BCUT2D eigenvalue weighted by Crippen LogP contribution is 2.70. The van der Waals surface area contributed by atoms with E-state index in [1.165, 1.54) is 25.7 Å². The predicted molar refractivity (Wildman–Crippen MR) is 187 cm³/mol. The summed E-state index contributed by atoms with van der Waals surface area (Å²) in [6.07, 6.45) is 9.91. The van der Waals surface area contributed by atoms with Gasteiger partial charge in [-0.05, 0) is 136 Å². The van der Waals surface area contributed by atoms with Gasteiger partial charge in [-0.25, -0.2) is 0 Å². The second-order valence-corrected chi connectivity index (χ2v) is 18.2. The highest BCUT2D eigenvalue weighted by atomic mass is 16.5. The highest BCUT2D eigenvalue weighted by Gasteiger charge is 2.74. The van der Waals surface area contributed by atoms with Crippen molar-refractivity contribution in [2.24, 2.45) is 11.8 Å². The summed E-state index contributed by atoms with van der Waals surface area (Å²) in [5.41, 5.74) is 4.01. The molecule has 4 bridgehead atoms. The lowest BCUT2D eigenvalue weighted by Crippen LogP contribution is -2.75. The Morgan fingerprint density at radius 2 is 1.08 bits per heavy atom. The van der Waals surface area contributed by atoms with Gasteiger partial charge in [0.05, 0.1) is 22.0 Å². The van der Waals surface area contributed by atoms with Gasteiger partial charge in [0, 0.05) is 47.4 Å². The lowest BCUT2D eigenvalue weighted by atomic mass is 9.48. The van der Waals surface area contributed by atoms with Crippen molar-refractivity contribution < 1.29 is 29.9 Å². The summed E-state index contributed by atoms with van der Waals surface area (Å²) in [6, 6.07) is 4.10. The summed E-state index contributed by atoms with van der Waals surface area (Å²) in [5, 5.41) is 50.1. The molecule has 8 nitrogen and oxygen atoms in total. The van der Waals surface area contributed by atoms with Gasteiger partial charge in [0.1, 0.15) is 12.2 Å². The van der Waals surface area contributed by atoms with Crippen LogP contribution in [0.15, 0.2) is 36.4 Å². The Morgan fingerprint density at radius 1 is 0.660 bits per heavy atom. The second kappa shape index (κ2) is 9.11. The maximum absolute atomic E-state index is 12.8. The molecule has 8 heteroatoms. The lowest BCUT2D eigenvalue weighted by molar-refractivity contribution is -0.174. The number of aliphatic hydroxyl groups is 2. The normalized spacial score (nSPS) is 41.8. The number of benzene rings is 2. The van der Waals surface area contributed by atoms with Crippen molar-refractivity contribution in [3.63, 3.8) is 0 Å². The average Bonchev–Trinajstić information content (AvgIpc) is 4.02. The molecule has 6 fully saturated rings. The van der Waals surface area contributed by atoms with E-state index in [4.69, 9.17) is 9.47 Å². The molecule has 2 aromatic carbocycles. The van der Waals surface area contributed by atoms with Crippen molar-refractivity contribution in [3.8, 4) is 34.1 Å². The van der Waals surface area contributed by atoms with Crippen molar-refractivity contribution in [1.29, 1.82) is 0 Å². The smallest absolute Gasteiger partial charge is 0.166 e. The van der Waals surface area contributed by atoms with Crippen LogP contribution in [0.4, 0.5) is 0 Å². The van der Waals surface area contributed by atoms with Crippen LogP contribution in [-0.4, -0.2) is 91.9 Å². The third kappa shape index (κ3) is 3.19. The van der Waals surface area contributed by atoms with Crippen LogP contribution in [0.2, 0.25) is 0 Å². The van der Waals surface area contributed by atoms with E-state index in [9.17, 15) is 20.4 Å². The standard InChI is InChI=1S/C42H48N2O6/c1-21-7-9-41(47)29-17-25-15-27(33(45)35-31(25)39(41,37(21)49-35)11-13-43(29)19-23-3-4-23)28-16-26-18-30-42(48)10-8-22(2)38-40(42,32(26)36(50-38)34(28)46)12-14-44(30)20-24-5-6-24/h15-16,23-24,29-30,37-38,45-48H,1-14,17-20H2. The average molecular weight is 677 g/mol. The summed E-state index contributed by atoms with van der Waals surface area (Å²) in [4.78, 5) is 5.10. The van der Waals surface area contributed by atoms with Crippen molar-refractivity contribution in [2.45, 2.75) is 123 Å². The van der Waals surface area contributed by atoms with Crippen molar-refractivity contribution in [3.05, 3.63) is 58.7 Å². The monoisotopic (exact) mass is 676 g/mol. The summed E-state index contributed by atoms with van der Waals surface area (Å²) >= 11 is 0. The molecular weight excluding hydrogens is 628 g/mol. The SMILES string of the molecule is C=C1CCC2(O)C3Cc4cc(-c5cc6c7c(c5O)OC5C(=C)CCC8(O)C(C6)N(CC6CC6)CCC758)c(O)c5c4C2(CCN3CC2CC2)C1O5. The number of hydrogen-bond acceptors (Lipinski definition) is 8. The fourth-order valence-corrected chi connectivity index (χ4v) is 13.3. The zero-order valence-corrected chi connectivity index (χ0v) is 28.8. The largest absolute Gasteiger partial charge is 0.504 e. The highest BCUT2D eigenvalue weighted by molar-refractivity contribution is 5.86. The van der Waals surface area contributed by atoms with E-state index >= 15 is 0 Å². The van der Waals surface area contributed by atoms with Gasteiger partial charge in [-0.15, -0.1) is 0 Å². The first-order chi connectivity index (χ1) is 24.1. The van der Waals surface area contributed by atoms with Crippen LogP contribution in [0.25, 0.3) is 11.1 Å². The van der Waals surface area contributed by atoms with E-state index in [0.717, 1.165) is 72.4 Å². The fraction of sp³-hybridized carbons (Fsp3) is 0.619. The van der Waals surface area contributed by atoms with Crippen LogP contribution in [-0.2, 0) is 23.7 Å². The number of hydrogen-bond donors (Lipinski definition) is 4. The van der Waals surface area contributed by atoms with Gasteiger partial charge in [-0.1, -0.05) is 13.2 Å². The van der Waals surface area contributed by atoms with Gasteiger partial charge >= 0.3 is 0 Å². The molecule has 4 saturated carbocycles. The van der Waals surface area contributed by atoms with E-state index in [2.05, 4.69) is 35.1 Å². The van der Waals surface area contributed by atoms with E-state index < -0.39 is 22.0 Å². The molecule has 12 rings (SSSR count). The van der Waals surface area contributed by atoms with Gasteiger partial charge in [-0.2, -0.15) is 0 Å². The number of phenolic OH excluding ortho intramolecular Hbond substituents is 2. The van der Waals surface area contributed by atoms with Crippen LogP contribution in [0.5, 0.6) is 23.0 Å². The molecule has 2 spiro atoms. The molecule has 6 aliphatic carbocycles. The Labute approximate surface area is 293 Å². The number of phenols is 2. The van der Waals surface area contributed by atoms with Gasteiger partial charge in [-0.3, -0.25) is 9.80 Å². The first kappa shape index (κ1) is 29.5. The first-order valence-electron chi connectivity index (χ1n) is 19.5. The molecule has 262 valence electrons. The Morgan fingerprint density at radius 3 is 1.48 bits per heavy atom. The molecule has 50 heavy (non-hydrogen) atoms. The van der Waals surface area contributed by atoms with Gasteiger partial charge in [0.2, 0.25) is 0 Å². The van der Waals surface area contributed by atoms with Gasteiger partial charge in [0.15, 0.2) is 23.0 Å². The summed E-state index contributed by atoms with van der Waals surface area (Å²) in [6.45, 7) is 12.8. The van der Waals surface area contributed by atoms with Crippen molar-refractivity contribution in [2.75, 3.05) is 26.2 Å². The number of nitrogens with zero attached hydrogens (tertiary/aromatic N) is 2. The molecule has 4 heterocycles. The molecule has 2 saturated heterocycles. The zero-order chi connectivity index (χ0) is 33.7. The summed E-state index contributed by atoms with van der Waals surface area (Å²) in [7, 11) is 0. The van der Waals surface area contributed by atoms with Gasteiger partial charge in [0.25, 0.3) is 0 Å². The van der Waals surface area contributed by atoms with Crippen molar-refractivity contribution in [1.82, 2.24) is 9.80 Å². The van der Waals surface area contributed by atoms with E-state index in [0.29, 0.717) is 73.0 Å². The molecular formula is C42H48N2O6. The maximum Gasteiger partial charge on any atom is 0.166 e. The van der Waals surface area contributed by atoms with Gasteiger partial charge < -0.3 is 29.9 Å². The number of aromatic hydroxyl groups is 2. The molecule has 8 atom stereocenters. The fourth-order valence-electron chi connectivity index (χ4n) is 13.3. The van der Waals surface area contributed by atoms with E-state index in [1.54, 1.807) is 0 Å². The molecule has 4 aliphatic heterocycles. The minimum atomic E-state index is -0.954. The number of likely N-dealkylation sites (tertiary alicyclic amines) is 2. The third-order valence-electron chi connectivity index (χ3n) is 15.9. The number of piperidine rings is 2. The quantitative estimate of drug-likeness (QED) is 0.328. The topological polar surface area (TPSA) is 106 Å². The van der Waals surface area contributed by atoms with Crippen LogP contribution >= 0.6 is 0 Å². The summed E-state index contributed by atoms with van der Waals surface area (Å²) < 4.78 is 13.6. The summed E-state index contributed by atoms with van der Waals surface area (Å²) in [5.74, 6) is 2.37. The minimum absolute atomic E-state index is 0.0184. The number of ether oxygens (including phenoxy) is 2. The zero-order valence-electron chi connectivity index (χ0n) is 28.8. The second-order valence-electron chi connectivity index (χ2n) is 18.2. The number of rotatable bonds is 5. The van der Waals surface area contributed by atoms with E-state index in [-0.39, 0.29) is 35.8 Å². The predicted octanol–water partition coefficient (Wildman–Crippen LogP) is 5.01. The van der Waals surface area contributed by atoms with Crippen molar-refractivity contribution >= 4 is 0 Å². The first-order valence-corrected chi connectivity index (χ1v) is 19.5. The molecule has 2 aromatic rings. The Bertz CT molecular complexity index is 1830. The molecule has 0 amide bonds. The Hall–Kier alpha value is -3.04. The van der Waals surface area contributed by atoms with Crippen LogP contribution in [0, 0.1) is 11.8 Å². The Kier molecular flexibility index (Phi) is 5.38. The molecule has 0 radical (unpaired) electrons. The lowest BCUT2D eigenvalue weighted by Gasteiger charge is -2.63. The molecule has 8 unspecified atom stereocenters. The van der Waals surface area contributed by atoms with E-state index in [1.807, 2.05) is 0 Å². The molecule has 0 aromatic heterocycles. The minimum Gasteiger partial charge on any atom is -0.504 e. The Balaban J connectivity index is 1.04. The van der Waals surface area contributed by atoms with Crippen LogP contribution in [0.1, 0.15) is 86.5 Å². The maximum atomic E-state index is 12.8.